The summed E-state index contributed by atoms with van der Waals surface area (Å²) in [7, 11) is 1.59. The second-order valence-corrected chi connectivity index (χ2v) is 3.77. The van der Waals surface area contributed by atoms with E-state index in [0.29, 0.717) is 16.5 Å². The number of methoxy groups -OCH3 is 1. The average Bonchev–Trinajstić information content (AvgIpc) is 2.68. The molecule has 0 fully saturated rings. The minimum Gasteiger partial charge on any atom is -0.496 e. The molecule has 2 N–H and O–H groups in total. The predicted molar refractivity (Wildman–Crippen MR) is 62.7 cm³/mol. The van der Waals surface area contributed by atoms with Crippen LogP contribution in [0.15, 0.2) is 22.7 Å². The zero-order valence-corrected chi connectivity index (χ0v) is 9.71. The maximum absolute atomic E-state index is 6.05. The first kappa shape index (κ1) is 10.8. The van der Waals surface area contributed by atoms with Gasteiger partial charge in [-0.15, -0.1) is 0 Å². The summed E-state index contributed by atoms with van der Waals surface area (Å²) >= 11 is 6.05. The van der Waals surface area contributed by atoms with Gasteiger partial charge < -0.3 is 15.0 Å². The lowest BCUT2D eigenvalue weighted by molar-refractivity contribution is 0.413. The topological polar surface area (TPSA) is 61.3 Å². The van der Waals surface area contributed by atoms with Gasteiger partial charge in [0.25, 0.3) is 0 Å². The summed E-state index contributed by atoms with van der Waals surface area (Å²) in [5.41, 5.74) is 7.80. The summed E-state index contributed by atoms with van der Waals surface area (Å²) in [4.78, 5) is 0. The first-order valence-electron chi connectivity index (χ1n) is 4.69. The Balaban J connectivity index is 2.66. The summed E-state index contributed by atoms with van der Waals surface area (Å²) in [5, 5.41) is 4.51. The van der Waals surface area contributed by atoms with Gasteiger partial charge >= 0.3 is 0 Å². The molecule has 2 rings (SSSR count). The van der Waals surface area contributed by atoms with Crippen LogP contribution in [0, 0.1) is 6.92 Å². The number of halogens is 1. The van der Waals surface area contributed by atoms with E-state index in [9.17, 15) is 0 Å². The summed E-state index contributed by atoms with van der Waals surface area (Å²) in [6.07, 6.45) is 0. The van der Waals surface area contributed by atoms with E-state index in [1.54, 1.807) is 25.3 Å². The first-order valence-corrected chi connectivity index (χ1v) is 5.07. The largest absolute Gasteiger partial charge is 0.496 e. The van der Waals surface area contributed by atoms with Crippen molar-refractivity contribution in [3.05, 3.63) is 28.8 Å². The zero-order chi connectivity index (χ0) is 11.7. The van der Waals surface area contributed by atoms with Gasteiger partial charge in [0.15, 0.2) is 0 Å². The molecule has 1 heterocycles. The first-order chi connectivity index (χ1) is 7.63. The van der Waals surface area contributed by atoms with E-state index in [1.165, 1.54) is 0 Å². The molecule has 0 bridgehead atoms. The predicted octanol–water partition coefficient (Wildman–Crippen LogP) is 2.89. The SMILES string of the molecule is COc1ccc(Cl)c(C)c1-c1cc(N)on1. The summed E-state index contributed by atoms with van der Waals surface area (Å²) < 4.78 is 10.1. The number of anilines is 1. The molecule has 1 aromatic carbocycles. The Morgan fingerprint density at radius 2 is 2.19 bits per heavy atom. The van der Waals surface area contributed by atoms with Crippen LogP contribution in [0.2, 0.25) is 5.02 Å². The average molecular weight is 239 g/mol. The number of nitrogens with zero attached hydrogens (tertiary/aromatic N) is 1. The Kier molecular flexibility index (Phi) is 2.75. The fourth-order valence-corrected chi connectivity index (χ4v) is 1.71. The number of benzene rings is 1. The highest BCUT2D eigenvalue weighted by molar-refractivity contribution is 6.31. The lowest BCUT2D eigenvalue weighted by Gasteiger charge is -2.10. The van der Waals surface area contributed by atoms with Crippen molar-refractivity contribution in [2.24, 2.45) is 0 Å². The van der Waals surface area contributed by atoms with Crippen molar-refractivity contribution in [3.8, 4) is 17.0 Å². The van der Waals surface area contributed by atoms with Crippen LogP contribution < -0.4 is 10.5 Å². The van der Waals surface area contributed by atoms with E-state index >= 15 is 0 Å². The number of aromatic nitrogens is 1. The number of hydrogen-bond acceptors (Lipinski definition) is 4. The minimum absolute atomic E-state index is 0.261. The third kappa shape index (κ3) is 1.72. The van der Waals surface area contributed by atoms with Crippen LogP contribution in [0.4, 0.5) is 5.88 Å². The van der Waals surface area contributed by atoms with Gasteiger partial charge in [-0.3, -0.25) is 0 Å². The molecular weight excluding hydrogens is 228 g/mol. The van der Waals surface area contributed by atoms with Crippen LogP contribution in [0.25, 0.3) is 11.3 Å². The van der Waals surface area contributed by atoms with Gasteiger partial charge in [-0.05, 0) is 24.6 Å². The van der Waals surface area contributed by atoms with Crippen molar-refractivity contribution < 1.29 is 9.26 Å². The second-order valence-electron chi connectivity index (χ2n) is 3.36. The number of nitrogens with two attached hydrogens (primary N) is 1. The third-order valence-electron chi connectivity index (χ3n) is 2.37. The molecule has 0 radical (unpaired) electrons. The van der Waals surface area contributed by atoms with E-state index in [1.807, 2.05) is 6.92 Å². The van der Waals surface area contributed by atoms with Crippen molar-refractivity contribution in [2.75, 3.05) is 12.8 Å². The molecule has 0 saturated heterocycles. The second kappa shape index (κ2) is 4.06. The highest BCUT2D eigenvalue weighted by atomic mass is 35.5. The van der Waals surface area contributed by atoms with Crippen molar-refractivity contribution in [2.45, 2.75) is 6.92 Å². The van der Waals surface area contributed by atoms with Crippen LogP contribution in [0.5, 0.6) is 5.75 Å². The fraction of sp³-hybridized carbons (Fsp3) is 0.182. The molecule has 2 aromatic rings. The Hall–Kier alpha value is -1.68. The van der Waals surface area contributed by atoms with E-state index in [4.69, 9.17) is 26.6 Å². The number of hydrogen-bond donors (Lipinski definition) is 1. The van der Waals surface area contributed by atoms with Crippen molar-refractivity contribution >= 4 is 17.5 Å². The number of ether oxygens (including phenoxy) is 1. The van der Waals surface area contributed by atoms with Gasteiger partial charge in [0, 0.05) is 11.1 Å². The summed E-state index contributed by atoms with van der Waals surface area (Å²) in [6, 6.07) is 5.21. The molecule has 0 spiro atoms. The Morgan fingerprint density at radius 3 is 2.75 bits per heavy atom. The van der Waals surface area contributed by atoms with E-state index in [2.05, 4.69) is 5.16 Å². The summed E-state index contributed by atoms with van der Waals surface area (Å²) in [5.74, 6) is 0.951. The quantitative estimate of drug-likeness (QED) is 0.874. The zero-order valence-electron chi connectivity index (χ0n) is 8.95. The van der Waals surface area contributed by atoms with Gasteiger partial charge in [0.2, 0.25) is 5.88 Å². The molecule has 1 aromatic heterocycles. The fourth-order valence-electron chi connectivity index (χ4n) is 1.56. The molecular formula is C11H11ClN2O2. The maximum atomic E-state index is 6.05. The molecule has 84 valence electrons. The molecule has 0 atom stereocenters. The van der Waals surface area contributed by atoms with E-state index < -0.39 is 0 Å². The molecule has 0 aliphatic heterocycles. The van der Waals surface area contributed by atoms with Crippen LogP contribution in [-0.2, 0) is 0 Å². The monoisotopic (exact) mass is 238 g/mol. The van der Waals surface area contributed by atoms with Crippen LogP contribution >= 0.6 is 11.6 Å². The standard InChI is InChI=1S/C11H11ClN2O2/c1-6-7(12)3-4-9(15-2)11(6)8-5-10(13)16-14-8/h3-5H,13H2,1-2H3. The lowest BCUT2D eigenvalue weighted by atomic mass is 10.0. The normalized spacial score (nSPS) is 10.4. The Morgan fingerprint density at radius 1 is 1.44 bits per heavy atom. The van der Waals surface area contributed by atoms with Gasteiger partial charge in [-0.2, -0.15) is 0 Å². The van der Waals surface area contributed by atoms with Crippen molar-refractivity contribution in [1.82, 2.24) is 5.16 Å². The van der Waals surface area contributed by atoms with E-state index in [-0.39, 0.29) is 5.88 Å². The molecule has 0 unspecified atom stereocenters. The summed E-state index contributed by atoms with van der Waals surface area (Å²) in [6.45, 7) is 1.89. The highest BCUT2D eigenvalue weighted by Crippen LogP contribution is 2.36. The van der Waals surface area contributed by atoms with E-state index in [0.717, 1.165) is 11.1 Å². The molecule has 16 heavy (non-hydrogen) atoms. The third-order valence-corrected chi connectivity index (χ3v) is 2.77. The molecule has 0 aliphatic rings. The Bertz CT molecular complexity index is 523. The molecule has 0 aliphatic carbocycles. The number of rotatable bonds is 2. The molecule has 5 heteroatoms. The van der Waals surface area contributed by atoms with Gasteiger partial charge in [-0.1, -0.05) is 16.8 Å². The highest BCUT2D eigenvalue weighted by Gasteiger charge is 2.15. The van der Waals surface area contributed by atoms with Crippen molar-refractivity contribution in [1.29, 1.82) is 0 Å². The van der Waals surface area contributed by atoms with Crippen LogP contribution in [-0.4, -0.2) is 12.3 Å². The minimum atomic E-state index is 0.261. The lowest BCUT2D eigenvalue weighted by Crippen LogP contribution is -1.92. The Labute approximate surface area is 97.9 Å². The van der Waals surface area contributed by atoms with Gasteiger partial charge in [0.05, 0.1) is 12.7 Å². The molecule has 0 amide bonds. The molecule has 0 saturated carbocycles. The maximum Gasteiger partial charge on any atom is 0.222 e. The molecule has 4 nitrogen and oxygen atoms in total. The van der Waals surface area contributed by atoms with Gasteiger partial charge in [-0.25, -0.2) is 0 Å². The van der Waals surface area contributed by atoms with Crippen LogP contribution in [0.1, 0.15) is 5.56 Å². The van der Waals surface area contributed by atoms with Gasteiger partial charge in [0.1, 0.15) is 11.4 Å². The smallest absolute Gasteiger partial charge is 0.222 e. The number of nitrogen functional groups attached to an aromatic ring is 1. The van der Waals surface area contributed by atoms with Crippen LogP contribution in [0.3, 0.4) is 0 Å². The van der Waals surface area contributed by atoms with Crippen molar-refractivity contribution in [3.63, 3.8) is 0 Å².